The highest BCUT2D eigenvalue weighted by Gasteiger charge is 2.37. The van der Waals surface area contributed by atoms with Crippen molar-refractivity contribution < 1.29 is 14.4 Å². The van der Waals surface area contributed by atoms with Crippen molar-refractivity contribution in [3.63, 3.8) is 0 Å². The van der Waals surface area contributed by atoms with Gasteiger partial charge in [0.05, 0.1) is 11.3 Å². The standard InChI is InChI=1S/C18H19ClN2O3/c1-18(2,3)17(24)21-6-5-10-7-11(19)8-12(15(10)21)13-9-14(22)20(4)16(13)23/h7-9H,5-6H2,1-4H3. The van der Waals surface area contributed by atoms with Crippen LogP contribution in [0.3, 0.4) is 0 Å². The molecule has 1 aromatic carbocycles. The van der Waals surface area contributed by atoms with Gasteiger partial charge in [-0.1, -0.05) is 32.4 Å². The molecule has 24 heavy (non-hydrogen) atoms. The van der Waals surface area contributed by atoms with Gasteiger partial charge in [0.1, 0.15) is 0 Å². The molecule has 2 aliphatic rings. The zero-order chi connectivity index (χ0) is 17.8. The molecule has 3 amide bonds. The number of imide groups is 1. The summed E-state index contributed by atoms with van der Waals surface area (Å²) in [4.78, 5) is 39.8. The minimum atomic E-state index is -0.542. The Kier molecular flexibility index (Phi) is 3.79. The molecule has 5 nitrogen and oxygen atoms in total. The van der Waals surface area contributed by atoms with Crippen LogP contribution in [0.4, 0.5) is 5.69 Å². The Bertz CT molecular complexity index is 805. The van der Waals surface area contributed by atoms with E-state index >= 15 is 0 Å². The maximum atomic E-state index is 12.8. The first-order chi connectivity index (χ1) is 11.1. The van der Waals surface area contributed by atoms with E-state index in [1.807, 2.05) is 26.8 Å². The summed E-state index contributed by atoms with van der Waals surface area (Å²) >= 11 is 6.20. The van der Waals surface area contributed by atoms with E-state index in [-0.39, 0.29) is 23.3 Å². The lowest BCUT2D eigenvalue weighted by Crippen LogP contribution is -2.38. The minimum absolute atomic E-state index is 0.0180. The molecule has 0 bridgehead atoms. The summed E-state index contributed by atoms with van der Waals surface area (Å²) in [6.45, 7) is 6.13. The number of hydrogen-bond donors (Lipinski definition) is 0. The smallest absolute Gasteiger partial charge is 0.261 e. The molecule has 1 aromatic rings. The lowest BCUT2D eigenvalue weighted by atomic mass is 9.93. The van der Waals surface area contributed by atoms with Crippen molar-refractivity contribution in [2.24, 2.45) is 5.41 Å². The van der Waals surface area contributed by atoms with Gasteiger partial charge in [0.15, 0.2) is 0 Å². The molecule has 0 N–H and O–H groups in total. The molecule has 0 unspecified atom stereocenters. The number of amides is 3. The van der Waals surface area contributed by atoms with Crippen molar-refractivity contribution in [1.82, 2.24) is 4.90 Å². The third-order valence-corrected chi connectivity index (χ3v) is 4.56. The largest absolute Gasteiger partial charge is 0.311 e. The normalized spacial score (nSPS) is 17.5. The molecule has 0 aliphatic carbocycles. The summed E-state index contributed by atoms with van der Waals surface area (Å²) in [5, 5.41) is 0.490. The average Bonchev–Trinajstić information content (AvgIpc) is 3.01. The summed E-state index contributed by atoms with van der Waals surface area (Å²) in [6.07, 6.45) is 1.99. The van der Waals surface area contributed by atoms with E-state index < -0.39 is 5.41 Å². The van der Waals surface area contributed by atoms with Gasteiger partial charge in [0, 0.05) is 35.7 Å². The summed E-state index contributed by atoms with van der Waals surface area (Å²) in [5.74, 6) is -0.759. The van der Waals surface area contributed by atoms with Crippen molar-refractivity contribution in [1.29, 1.82) is 0 Å². The van der Waals surface area contributed by atoms with Crippen LogP contribution in [0.15, 0.2) is 18.2 Å². The van der Waals surface area contributed by atoms with Crippen molar-refractivity contribution in [2.75, 3.05) is 18.5 Å². The van der Waals surface area contributed by atoms with Crippen molar-refractivity contribution >= 4 is 40.6 Å². The highest BCUT2D eigenvalue weighted by molar-refractivity contribution is 6.36. The van der Waals surface area contributed by atoms with Crippen LogP contribution in [-0.2, 0) is 20.8 Å². The first-order valence-electron chi connectivity index (χ1n) is 7.79. The number of fused-ring (bicyclic) bond motifs is 1. The summed E-state index contributed by atoms with van der Waals surface area (Å²) in [7, 11) is 1.44. The monoisotopic (exact) mass is 346 g/mol. The SMILES string of the molecule is CN1C(=O)C=C(c2cc(Cl)cc3c2N(C(=O)C(C)(C)C)CC3)C1=O. The van der Waals surface area contributed by atoms with Crippen LogP contribution in [0.2, 0.25) is 5.02 Å². The van der Waals surface area contributed by atoms with Gasteiger partial charge in [-0.15, -0.1) is 0 Å². The molecule has 2 heterocycles. The van der Waals surface area contributed by atoms with E-state index in [4.69, 9.17) is 11.6 Å². The van der Waals surface area contributed by atoms with Crippen molar-refractivity contribution in [3.05, 3.63) is 34.4 Å². The number of anilines is 1. The fraction of sp³-hybridized carbons (Fsp3) is 0.389. The van der Waals surface area contributed by atoms with E-state index in [9.17, 15) is 14.4 Å². The number of likely N-dealkylation sites (N-methyl/N-ethyl adjacent to an activating group) is 1. The fourth-order valence-corrected chi connectivity index (χ4v) is 3.32. The first kappa shape index (κ1) is 16.7. The van der Waals surface area contributed by atoms with Crippen LogP contribution in [0.1, 0.15) is 31.9 Å². The Balaban J connectivity index is 2.17. The Morgan fingerprint density at radius 2 is 1.88 bits per heavy atom. The van der Waals surface area contributed by atoms with E-state index in [0.717, 1.165) is 10.5 Å². The Morgan fingerprint density at radius 1 is 1.21 bits per heavy atom. The molecule has 0 atom stereocenters. The number of nitrogens with zero attached hydrogens (tertiary/aromatic N) is 2. The predicted molar refractivity (Wildman–Crippen MR) is 92.7 cm³/mol. The van der Waals surface area contributed by atoms with E-state index in [0.29, 0.717) is 29.2 Å². The number of carbonyl (C=O) groups excluding carboxylic acids is 3. The summed E-state index contributed by atoms with van der Waals surface area (Å²) in [5.41, 5.74) is 1.91. The Hall–Kier alpha value is -2.14. The lowest BCUT2D eigenvalue weighted by molar-refractivity contribution is -0.134. The second kappa shape index (κ2) is 5.45. The lowest BCUT2D eigenvalue weighted by Gasteiger charge is -2.28. The molecule has 126 valence electrons. The molecule has 2 aliphatic heterocycles. The van der Waals surface area contributed by atoms with Crippen LogP contribution >= 0.6 is 11.6 Å². The molecular weight excluding hydrogens is 328 g/mol. The molecule has 3 rings (SSSR count). The zero-order valence-electron chi connectivity index (χ0n) is 14.1. The molecule has 0 radical (unpaired) electrons. The van der Waals surface area contributed by atoms with Gasteiger partial charge in [-0.05, 0) is 24.1 Å². The van der Waals surface area contributed by atoms with Gasteiger partial charge < -0.3 is 4.90 Å². The predicted octanol–water partition coefficient (Wildman–Crippen LogP) is 2.66. The van der Waals surface area contributed by atoms with E-state index in [1.54, 1.807) is 11.0 Å². The molecule has 0 saturated carbocycles. The second-order valence-electron chi connectivity index (χ2n) is 7.18. The highest BCUT2D eigenvalue weighted by Crippen LogP contribution is 2.41. The molecule has 0 saturated heterocycles. The number of benzene rings is 1. The number of rotatable bonds is 1. The highest BCUT2D eigenvalue weighted by atomic mass is 35.5. The quantitative estimate of drug-likeness (QED) is 0.734. The second-order valence-corrected chi connectivity index (χ2v) is 7.61. The molecular formula is C18H19ClN2O3. The molecule has 0 spiro atoms. The van der Waals surface area contributed by atoms with Crippen LogP contribution in [0, 0.1) is 5.41 Å². The maximum Gasteiger partial charge on any atom is 0.261 e. The first-order valence-corrected chi connectivity index (χ1v) is 8.17. The van der Waals surface area contributed by atoms with Gasteiger partial charge in [0.2, 0.25) is 5.91 Å². The van der Waals surface area contributed by atoms with Crippen LogP contribution < -0.4 is 4.90 Å². The van der Waals surface area contributed by atoms with E-state index in [1.165, 1.54) is 13.1 Å². The van der Waals surface area contributed by atoms with Gasteiger partial charge in [-0.25, -0.2) is 0 Å². The van der Waals surface area contributed by atoms with Crippen LogP contribution in [-0.4, -0.2) is 36.2 Å². The minimum Gasteiger partial charge on any atom is -0.311 e. The average molecular weight is 347 g/mol. The topological polar surface area (TPSA) is 57.7 Å². The van der Waals surface area contributed by atoms with Crippen LogP contribution in [0.25, 0.3) is 5.57 Å². The number of hydrogen-bond acceptors (Lipinski definition) is 3. The van der Waals surface area contributed by atoms with Gasteiger partial charge in [-0.3, -0.25) is 19.3 Å². The van der Waals surface area contributed by atoms with Gasteiger partial charge >= 0.3 is 0 Å². The van der Waals surface area contributed by atoms with Crippen molar-refractivity contribution in [2.45, 2.75) is 27.2 Å². The van der Waals surface area contributed by atoms with Gasteiger partial charge in [0.25, 0.3) is 11.8 Å². The Labute approximate surface area is 145 Å². The third-order valence-electron chi connectivity index (χ3n) is 4.34. The van der Waals surface area contributed by atoms with Gasteiger partial charge in [-0.2, -0.15) is 0 Å². The Morgan fingerprint density at radius 3 is 2.42 bits per heavy atom. The summed E-state index contributed by atoms with van der Waals surface area (Å²) in [6, 6.07) is 3.48. The van der Waals surface area contributed by atoms with E-state index in [2.05, 4.69) is 0 Å². The zero-order valence-corrected chi connectivity index (χ0v) is 14.9. The molecule has 6 heteroatoms. The van der Waals surface area contributed by atoms with Crippen LogP contribution in [0.5, 0.6) is 0 Å². The van der Waals surface area contributed by atoms with Crippen molar-refractivity contribution in [3.8, 4) is 0 Å². The number of halogens is 1. The summed E-state index contributed by atoms with van der Waals surface area (Å²) < 4.78 is 0. The fourth-order valence-electron chi connectivity index (χ4n) is 3.08. The molecule has 0 fully saturated rings. The maximum absolute atomic E-state index is 12.8. The third kappa shape index (κ3) is 2.53. The number of carbonyl (C=O) groups is 3. The molecule has 0 aromatic heterocycles.